The minimum atomic E-state index is -1.05. The summed E-state index contributed by atoms with van der Waals surface area (Å²) in [5, 5.41) is 25.4. The molecule has 0 radical (unpaired) electrons. The summed E-state index contributed by atoms with van der Waals surface area (Å²) in [6, 6.07) is 11.6. The number of benzene rings is 1. The number of tetrazole rings is 1. The van der Waals surface area contributed by atoms with Gasteiger partial charge in [0.2, 0.25) is 5.91 Å². The molecule has 34 heavy (non-hydrogen) atoms. The first-order valence-electron chi connectivity index (χ1n) is 11.2. The zero-order chi connectivity index (χ0) is 24.4. The molecule has 2 atom stereocenters. The van der Waals surface area contributed by atoms with Crippen molar-refractivity contribution in [2.24, 2.45) is 5.73 Å². The second kappa shape index (κ2) is 12.3. The molecule has 0 bridgehead atoms. The van der Waals surface area contributed by atoms with E-state index in [9.17, 15) is 10.1 Å². The van der Waals surface area contributed by atoms with E-state index in [0.29, 0.717) is 18.9 Å². The number of nitrogens with zero attached hydrogens (tertiary/aromatic N) is 5. The van der Waals surface area contributed by atoms with Crippen LogP contribution >= 0.6 is 11.3 Å². The van der Waals surface area contributed by atoms with Crippen molar-refractivity contribution in [3.63, 3.8) is 0 Å². The molecule has 0 aliphatic carbocycles. The summed E-state index contributed by atoms with van der Waals surface area (Å²) in [6.07, 6.45) is 2.49. The zero-order valence-corrected chi connectivity index (χ0v) is 20.3. The van der Waals surface area contributed by atoms with Gasteiger partial charge in [0.25, 0.3) is 0 Å². The van der Waals surface area contributed by atoms with Crippen molar-refractivity contribution in [1.82, 2.24) is 25.8 Å². The summed E-state index contributed by atoms with van der Waals surface area (Å²) in [4.78, 5) is 16.9. The van der Waals surface area contributed by atoms with Gasteiger partial charge in [-0.25, -0.2) is 4.98 Å². The second-order valence-corrected chi connectivity index (χ2v) is 9.38. The highest BCUT2D eigenvalue weighted by atomic mass is 32.1. The summed E-state index contributed by atoms with van der Waals surface area (Å²) in [5.74, 6) is 0.242. The molecule has 3 aromatic rings. The molecule has 0 fully saturated rings. The third-order valence-corrected chi connectivity index (χ3v) is 5.93. The molecule has 1 amide bonds. The SMILES string of the molecule is CC(C)(N)C(=O)N[C@H](CCCc1ccccc1)c1nn[nH][n+]1[C@H](CC#N)COCc1cscn1. The van der Waals surface area contributed by atoms with Crippen LogP contribution in [-0.4, -0.2) is 38.6 Å². The molecule has 0 saturated carbocycles. The lowest BCUT2D eigenvalue weighted by Gasteiger charge is -2.23. The molecule has 0 aliphatic heterocycles. The summed E-state index contributed by atoms with van der Waals surface area (Å²) in [5.41, 5.74) is 8.79. The van der Waals surface area contributed by atoms with Crippen LogP contribution in [0.2, 0.25) is 0 Å². The summed E-state index contributed by atoms with van der Waals surface area (Å²) in [6.45, 7) is 3.93. The monoisotopic (exact) mass is 483 g/mol. The van der Waals surface area contributed by atoms with Gasteiger partial charge in [-0.1, -0.05) is 35.5 Å². The van der Waals surface area contributed by atoms with E-state index in [1.807, 2.05) is 23.6 Å². The Morgan fingerprint density at radius 1 is 1.38 bits per heavy atom. The van der Waals surface area contributed by atoms with E-state index in [2.05, 4.69) is 44.0 Å². The molecule has 3 rings (SSSR count). The second-order valence-electron chi connectivity index (χ2n) is 8.66. The first-order chi connectivity index (χ1) is 16.4. The van der Waals surface area contributed by atoms with Crippen LogP contribution in [0.1, 0.15) is 62.3 Å². The first-order valence-corrected chi connectivity index (χ1v) is 12.1. The Bertz CT molecular complexity index is 1060. The molecule has 0 aliphatic rings. The summed E-state index contributed by atoms with van der Waals surface area (Å²) >= 11 is 1.50. The van der Waals surface area contributed by atoms with Crippen molar-refractivity contribution in [1.29, 1.82) is 5.26 Å². The smallest absolute Gasteiger partial charge is 0.323 e. The number of thiazole rings is 1. The average Bonchev–Trinajstić information content (AvgIpc) is 3.50. The largest absolute Gasteiger partial charge is 0.371 e. The summed E-state index contributed by atoms with van der Waals surface area (Å²) in [7, 11) is 0. The van der Waals surface area contributed by atoms with E-state index in [-0.39, 0.29) is 25.0 Å². The van der Waals surface area contributed by atoms with Crippen LogP contribution in [0, 0.1) is 11.3 Å². The number of carbonyl (C=O) groups is 1. The van der Waals surface area contributed by atoms with E-state index in [1.54, 1.807) is 24.0 Å². The van der Waals surface area contributed by atoms with Gasteiger partial charge in [0.1, 0.15) is 17.2 Å². The fourth-order valence-electron chi connectivity index (χ4n) is 3.43. The lowest BCUT2D eigenvalue weighted by molar-refractivity contribution is -0.786. The van der Waals surface area contributed by atoms with Gasteiger partial charge in [-0.05, 0) is 38.7 Å². The zero-order valence-electron chi connectivity index (χ0n) is 19.5. The van der Waals surface area contributed by atoms with Gasteiger partial charge in [0, 0.05) is 5.38 Å². The Kier molecular flexibility index (Phi) is 9.21. The van der Waals surface area contributed by atoms with Crippen molar-refractivity contribution >= 4 is 17.2 Å². The molecule has 0 spiro atoms. The minimum absolute atomic E-state index is 0.186. The predicted octanol–water partition coefficient (Wildman–Crippen LogP) is 2.14. The maximum absolute atomic E-state index is 12.7. The third kappa shape index (κ3) is 7.41. The normalized spacial score (nSPS) is 13.2. The highest BCUT2D eigenvalue weighted by Crippen LogP contribution is 2.18. The number of rotatable bonds is 13. The third-order valence-electron chi connectivity index (χ3n) is 5.29. The fraction of sp³-hybridized carbons (Fsp3) is 0.478. The number of nitrogens with one attached hydrogen (secondary N) is 2. The Hall–Kier alpha value is -3.20. The topological polar surface area (TPSA) is 146 Å². The van der Waals surface area contributed by atoms with Gasteiger partial charge in [-0.3, -0.25) is 4.79 Å². The number of aryl methyl sites for hydroxylation is 1. The molecular weight excluding hydrogens is 452 g/mol. The lowest BCUT2D eigenvalue weighted by Crippen LogP contribution is -2.53. The van der Waals surface area contributed by atoms with E-state index >= 15 is 0 Å². The van der Waals surface area contributed by atoms with Gasteiger partial charge in [-0.15, -0.1) is 11.3 Å². The van der Waals surface area contributed by atoms with Crippen LogP contribution < -0.4 is 15.7 Å². The average molecular weight is 484 g/mol. The molecule has 0 saturated heterocycles. The van der Waals surface area contributed by atoms with Gasteiger partial charge in [-0.2, -0.15) is 9.94 Å². The standard InChI is InChI=1S/C23H30N8O2S/c1-23(2,25)22(32)27-20(10-6-9-17-7-4-3-5-8-17)21-28-29-30-31(21)19(11-12-24)14-33-13-18-15-34-16-26-18/h3-5,7-8,15-16,19-20H,6,9-11,13-14,25H2,1-2H3,(H,27,32)/p+1/t19-,20-/m1/s1. The Morgan fingerprint density at radius 3 is 2.85 bits per heavy atom. The Balaban J connectivity index is 1.75. The number of aromatic amines is 1. The number of hydrogen-bond donors (Lipinski definition) is 3. The number of H-pyrrole nitrogens is 1. The van der Waals surface area contributed by atoms with Gasteiger partial charge in [0.05, 0.1) is 42.4 Å². The predicted molar refractivity (Wildman–Crippen MR) is 126 cm³/mol. The van der Waals surface area contributed by atoms with Crippen LogP contribution in [0.4, 0.5) is 0 Å². The molecule has 2 aromatic heterocycles. The lowest BCUT2D eigenvalue weighted by atomic mass is 10.0. The number of carbonyl (C=O) groups excluding carboxylic acids is 1. The summed E-state index contributed by atoms with van der Waals surface area (Å²) < 4.78 is 7.52. The van der Waals surface area contributed by atoms with Crippen molar-refractivity contribution in [3.05, 3.63) is 58.3 Å². The van der Waals surface area contributed by atoms with E-state index in [4.69, 9.17) is 10.5 Å². The van der Waals surface area contributed by atoms with Crippen molar-refractivity contribution < 1.29 is 14.2 Å². The molecule has 4 N–H and O–H groups in total. The molecule has 10 nitrogen and oxygen atoms in total. The Labute approximate surface area is 203 Å². The highest BCUT2D eigenvalue weighted by molar-refractivity contribution is 7.07. The number of nitriles is 1. The van der Waals surface area contributed by atoms with Crippen molar-refractivity contribution in [2.45, 2.75) is 63.8 Å². The van der Waals surface area contributed by atoms with Crippen molar-refractivity contribution in [2.75, 3.05) is 6.61 Å². The van der Waals surface area contributed by atoms with E-state index in [1.165, 1.54) is 16.9 Å². The van der Waals surface area contributed by atoms with Crippen LogP contribution in [-0.2, 0) is 22.6 Å². The van der Waals surface area contributed by atoms with E-state index in [0.717, 1.165) is 18.5 Å². The van der Waals surface area contributed by atoms with Crippen LogP contribution in [0.25, 0.3) is 0 Å². The number of aromatic nitrogens is 5. The van der Waals surface area contributed by atoms with Crippen LogP contribution in [0.5, 0.6) is 0 Å². The van der Waals surface area contributed by atoms with Gasteiger partial charge < -0.3 is 15.8 Å². The fourth-order valence-corrected chi connectivity index (χ4v) is 3.97. The molecule has 2 heterocycles. The van der Waals surface area contributed by atoms with Crippen LogP contribution in [0.15, 0.2) is 41.2 Å². The number of hydrogen-bond acceptors (Lipinski definition) is 8. The van der Waals surface area contributed by atoms with Gasteiger partial charge >= 0.3 is 5.82 Å². The molecule has 0 unspecified atom stereocenters. The Morgan fingerprint density at radius 2 is 2.18 bits per heavy atom. The number of ether oxygens (including phenoxy) is 1. The quantitative estimate of drug-likeness (QED) is 0.316. The maximum Gasteiger partial charge on any atom is 0.323 e. The molecule has 1 aromatic carbocycles. The first kappa shape index (κ1) is 25.4. The minimum Gasteiger partial charge on any atom is -0.371 e. The van der Waals surface area contributed by atoms with Crippen LogP contribution in [0.3, 0.4) is 0 Å². The number of nitrogens with two attached hydrogens (primary N) is 1. The number of amides is 1. The highest BCUT2D eigenvalue weighted by Gasteiger charge is 2.34. The molecular formula is C23H31N8O2S+. The maximum atomic E-state index is 12.7. The van der Waals surface area contributed by atoms with Gasteiger partial charge in [0.15, 0.2) is 5.21 Å². The van der Waals surface area contributed by atoms with E-state index < -0.39 is 11.6 Å². The molecule has 11 heteroatoms. The van der Waals surface area contributed by atoms with Crippen molar-refractivity contribution in [3.8, 4) is 6.07 Å². The molecule has 180 valence electrons.